The van der Waals surface area contributed by atoms with E-state index in [1.54, 1.807) is 7.11 Å². The van der Waals surface area contributed by atoms with Crippen LogP contribution in [0.15, 0.2) is 54.6 Å². The van der Waals surface area contributed by atoms with Crippen LogP contribution in [-0.4, -0.2) is 31.4 Å². The normalized spacial score (nSPS) is 15.0. The van der Waals surface area contributed by atoms with Gasteiger partial charge in [-0.25, -0.2) is 0 Å². The van der Waals surface area contributed by atoms with Crippen LogP contribution in [0, 0.1) is 11.8 Å². The fourth-order valence-electron chi connectivity index (χ4n) is 4.08. The predicted octanol–water partition coefficient (Wildman–Crippen LogP) is 6.19. The number of rotatable bonds is 14. The van der Waals surface area contributed by atoms with Gasteiger partial charge in [-0.1, -0.05) is 70.2 Å². The topological polar surface area (TPSA) is 54.0 Å². The fraction of sp³-hybridized carbons (Fsp3) is 0.536. The van der Waals surface area contributed by atoms with E-state index in [0.29, 0.717) is 25.6 Å². The van der Waals surface area contributed by atoms with Gasteiger partial charge in [-0.3, -0.25) is 4.79 Å². The highest BCUT2D eigenvalue weighted by Gasteiger charge is 2.32. The SMILES string of the molecule is CCC(C[C@@H](OCc1ccc(OC)cc1)[C@H](C)[C@H](OCc1ccccc1)C(C)C)OC(C)=O. The summed E-state index contributed by atoms with van der Waals surface area (Å²) in [6, 6.07) is 18.1. The highest BCUT2D eigenvalue weighted by molar-refractivity contribution is 5.66. The summed E-state index contributed by atoms with van der Waals surface area (Å²) in [4.78, 5) is 11.6. The molecule has 2 rings (SSSR count). The van der Waals surface area contributed by atoms with Crippen molar-refractivity contribution in [2.75, 3.05) is 7.11 Å². The molecule has 0 aromatic heterocycles. The Morgan fingerprint density at radius 3 is 2.03 bits per heavy atom. The maximum atomic E-state index is 11.6. The lowest BCUT2D eigenvalue weighted by atomic mass is 9.87. The lowest BCUT2D eigenvalue weighted by Gasteiger charge is -2.35. The molecule has 0 saturated carbocycles. The van der Waals surface area contributed by atoms with Crippen LogP contribution in [-0.2, 0) is 32.2 Å². The number of benzene rings is 2. The van der Waals surface area contributed by atoms with E-state index in [1.165, 1.54) is 6.92 Å². The van der Waals surface area contributed by atoms with Crippen molar-refractivity contribution in [1.29, 1.82) is 0 Å². The van der Waals surface area contributed by atoms with Crippen molar-refractivity contribution >= 4 is 5.97 Å². The number of methoxy groups -OCH3 is 1. The molecule has 0 aliphatic rings. The molecule has 0 aliphatic carbocycles. The summed E-state index contributed by atoms with van der Waals surface area (Å²) < 4.78 is 23.7. The van der Waals surface area contributed by atoms with E-state index in [0.717, 1.165) is 23.3 Å². The molecule has 0 spiro atoms. The van der Waals surface area contributed by atoms with Crippen LogP contribution in [0.25, 0.3) is 0 Å². The molecule has 0 radical (unpaired) electrons. The number of carbonyl (C=O) groups is 1. The van der Waals surface area contributed by atoms with Gasteiger partial charge in [0.15, 0.2) is 0 Å². The molecule has 0 aliphatic heterocycles. The lowest BCUT2D eigenvalue weighted by molar-refractivity contribution is -0.151. The van der Waals surface area contributed by atoms with Crippen molar-refractivity contribution in [3.63, 3.8) is 0 Å². The van der Waals surface area contributed by atoms with Crippen molar-refractivity contribution in [3.8, 4) is 5.75 Å². The van der Waals surface area contributed by atoms with Gasteiger partial charge in [0.1, 0.15) is 11.9 Å². The zero-order valence-corrected chi connectivity index (χ0v) is 21.0. The molecule has 5 nitrogen and oxygen atoms in total. The molecule has 0 fully saturated rings. The van der Waals surface area contributed by atoms with E-state index in [-0.39, 0.29) is 30.2 Å². The molecule has 4 atom stereocenters. The maximum absolute atomic E-state index is 11.6. The van der Waals surface area contributed by atoms with E-state index >= 15 is 0 Å². The Bertz CT molecular complexity index is 803. The molecule has 0 amide bonds. The van der Waals surface area contributed by atoms with Crippen LogP contribution in [0.5, 0.6) is 5.75 Å². The third-order valence-corrected chi connectivity index (χ3v) is 5.95. The Balaban J connectivity index is 2.14. The first kappa shape index (κ1) is 26.9. The van der Waals surface area contributed by atoms with Crippen LogP contribution in [0.4, 0.5) is 0 Å². The summed E-state index contributed by atoms with van der Waals surface area (Å²) in [6.07, 6.45) is 1.06. The van der Waals surface area contributed by atoms with Crippen molar-refractivity contribution in [3.05, 3.63) is 65.7 Å². The molecule has 2 aromatic carbocycles. The van der Waals surface area contributed by atoms with Gasteiger partial charge < -0.3 is 18.9 Å². The van der Waals surface area contributed by atoms with Gasteiger partial charge >= 0.3 is 5.97 Å². The minimum Gasteiger partial charge on any atom is -0.497 e. The van der Waals surface area contributed by atoms with Gasteiger partial charge in [-0.05, 0) is 35.6 Å². The summed E-state index contributed by atoms with van der Waals surface area (Å²) in [5.74, 6) is 0.976. The number of hydrogen-bond acceptors (Lipinski definition) is 5. The first-order valence-corrected chi connectivity index (χ1v) is 11.9. The van der Waals surface area contributed by atoms with Crippen molar-refractivity contribution in [2.24, 2.45) is 11.8 Å². The first-order valence-electron chi connectivity index (χ1n) is 11.9. The van der Waals surface area contributed by atoms with E-state index in [2.05, 4.69) is 32.9 Å². The molecule has 2 aromatic rings. The molecule has 5 heteroatoms. The lowest BCUT2D eigenvalue weighted by Crippen LogP contribution is -2.39. The van der Waals surface area contributed by atoms with Gasteiger partial charge in [0.05, 0.1) is 32.5 Å². The van der Waals surface area contributed by atoms with Gasteiger partial charge in [-0.15, -0.1) is 0 Å². The van der Waals surface area contributed by atoms with Crippen molar-refractivity contribution < 1.29 is 23.7 Å². The maximum Gasteiger partial charge on any atom is 0.302 e. The van der Waals surface area contributed by atoms with E-state index in [4.69, 9.17) is 18.9 Å². The van der Waals surface area contributed by atoms with Gasteiger partial charge in [0, 0.05) is 19.3 Å². The minimum absolute atomic E-state index is 0.000840. The van der Waals surface area contributed by atoms with E-state index in [9.17, 15) is 4.79 Å². The van der Waals surface area contributed by atoms with Crippen molar-refractivity contribution in [1.82, 2.24) is 0 Å². The number of ether oxygens (including phenoxy) is 4. The molecule has 182 valence electrons. The van der Waals surface area contributed by atoms with Crippen molar-refractivity contribution in [2.45, 2.75) is 79.0 Å². The van der Waals surface area contributed by atoms with Crippen LogP contribution >= 0.6 is 0 Å². The largest absolute Gasteiger partial charge is 0.497 e. The third kappa shape index (κ3) is 9.18. The number of carbonyl (C=O) groups excluding carboxylic acids is 1. The van der Waals surface area contributed by atoms with Crippen LogP contribution in [0.1, 0.15) is 58.6 Å². The quantitative estimate of drug-likeness (QED) is 0.317. The number of esters is 1. The Labute approximate surface area is 199 Å². The summed E-state index contributed by atoms with van der Waals surface area (Å²) in [7, 11) is 1.66. The Hall–Kier alpha value is -2.37. The van der Waals surface area contributed by atoms with Crippen LogP contribution < -0.4 is 4.74 Å². The molecule has 0 bridgehead atoms. The molecular formula is C28H40O5. The second kappa shape index (κ2) is 14.0. The monoisotopic (exact) mass is 456 g/mol. The van der Waals surface area contributed by atoms with Gasteiger partial charge in [-0.2, -0.15) is 0 Å². The molecule has 0 N–H and O–H groups in total. The average molecular weight is 457 g/mol. The van der Waals surface area contributed by atoms with E-state index in [1.807, 2.05) is 49.4 Å². The molecule has 0 heterocycles. The van der Waals surface area contributed by atoms with Gasteiger partial charge in [0.2, 0.25) is 0 Å². The van der Waals surface area contributed by atoms with Crippen LogP contribution in [0.2, 0.25) is 0 Å². The zero-order chi connectivity index (χ0) is 24.2. The summed E-state index contributed by atoms with van der Waals surface area (Å²) in [6.45, 7) is 11.0. The second-order valence-corrected chi connectivity index (χ2v) is 8.94. The fourth-order valence-corrected chi connectivity index (χ4v) is 4.08. The smallest absolute Gasteiger partial charge is 0.302 e. The zero-order valence-electron chi connectivity index (χ0n) is 21.0. The van der Waals surface area contributed by atoms with Crippen LogP contribution in [0.3, 0.4) is 0 Å². The molecular weight excluding hydrogens is 416 g/mol. The number of hydrogen-bond donors (Lipinski definition) is 0. The second-order valence-electron chi connectivity index (χ2n) is 8.94. The van der Waals surface area contributed by atoms with E-state index < -0.39 is 0 Å². The summed E-state index contributed by atoms with van der Waals surface area (Å²) in [5, 5.41) is 0. The molecule has 33 heavy (non-hydrogen) atoms. The highest BCUT2D eigenvalue weighted by atomic mass is 16.5. The van der Waals surface area contributed by atoms with Gasteiger partial charge in [0.25, 0.3) is 0 Å². The average Bonchev–Trinajstić information content (AvgIpc) is 2.81. The molecule has 1 unspecified atom stereocenters. The predicted molar refractivity (Wildman–Crippen MR) is 131 cm³/mol. The Morgan fingerprint density at radius 2 is 1.48 bits per heavy atom. The summed E-state index contributed by atoms with van der Waals surface area (Å²) in [5.41, 5.74) is 2.22. The minimum atomic E-state index is -0.260. The molecule has 0 saturated heterocycles. The first-order chi connectivity index (χ1) is 15.8. The Kier molecular flexibility index (Phi) is 11.4. The third-order valence-electron chi connectivity index (χ3n) is 5.95. The summed E-state index contributed by atoms with van der Waals surface area (Å²) >= 11 is 0. The Morgan fingerprint density at radius 1 is 0.879 bits per heavy atom. The standard InChI is InChI=1S/C28H40O5/c1-7-25(33-22(5)29)17-27(31-18-24-13-15-26(30-6)16-14-24)21(4)28(20(2)3)32-19-23-11-9-8-10-12-23/h8-16,20-21,25,27-28H,7,17-19H2,1-6H3/t21-,25?,27+,28+/m0/s1. The highest BCUT2D eigenvalue weighted by Crippen LogP contribution is 2.28.